The van der Waals surface area contributed by atoms with Crippen LogP contribution < -0.4 is 0 Å². The fourth-order valence-corrected chi connectivity index (χ4v) is 4.23. The lowest BCUT2D eigenvalue weighted by Crippen LogP contribution is -2.52. The Labute approximate surface area is 150 Å². The normalized spacial score (nSPS) is 20.4. The molecule has 2 amide bonds. The van der Waals surface area contributed by atoms with E-state index in [4.69, 9.17) is 0 Å². The van der Waals surface area contributed by atoms with Crippen LogP contribution in [0.5, 0.6) is 0 Å². The molecular weight excluding hydrogens is 338 g/mol. The highest BCUT2D eigenvalue weighted by Crippen LogP contribution is 2.25. The summed E-state index contributed by atoms with van der Waals surface area (Å²) in [7, 11) is 0. The molecule has 0 saturated carbocycles. The van der Waals surface area contributed by atoms with Gasteiger partial charge in [0.2, 0.25) is 11.8 Å². The predicted molar refractivity (Wildman–Crippen MR) is 93.1 cm³/mol. The second-order valence-electron chi connectivity index (χ2n) is 6.66. The summed E-state index contributed by atoms with van der Waals surface area (Å²) in [5.41, 5.74) is 4.08. The molecule has 1 saturated heterocycles. The highest BCUT2D eigenvalue weighted by Gasteiger charge is 2.31. The molecule has 0 spiro atoms. The van der Waals surface area contributed by atoms with Gasteiger partial charge in [0.1, 0.15) is 0 Å². The Balaban J connectivity index is 1.30. The molecule has 1 N–H and O–H groups in total. The summed E-state index contributed by atoms with van der Waals surface area (Å²) in [4.78, 5) is 33.9. The lowest BCUT2D eigenvalue weighted by Gasteiger charge is -2.37. The van der Waals surface area contributed by atoms with Crippen molar-refractivity contribution in [3.8, 4) is 0 Å². The number of aryl methyl sites for hydroxylation is 1. The van der Waals surface area contributed by atoms with E-state index in [1.54, 1.807) is 11.7 Å². The van der Waals surface area contributed by atoms with Gasteiger partial charge in [0.25, 0.3) is 0 Å². The Morgan fingerprint density at radius 1 is 1.20 bits per heavy atom. The van der Waals surface area contributed by atoms with Crippen molar-refractivity contribution in [2.75, 3.05) is 26.2 Å². The number of aromatic amines is 1. The molecule has 2 aliphatic rings. The molecule has 0 bridgehead atoms. The maximum absolute atomic E-state index is 12.8. The van der Waals surface area contributed by atoms with Crippen LogP contribution in [0, 0.1) is 5.92 Å². The number of nitrogens with zero attached hydrogens (tertiary/aromatic N) is 4. The van der Waals surface area contributed by atoms with Gasteiger partial charge < -0.3 is 9.80 Å². The number of nitrogens with one attached hydrogen (secondary N) is 1. The maximum atomic E-state index is 12.8. The van der Waals surface area contributed by atoms with Crippen LogP contribution in [-0.2, 0) is 28.9 Å². The van der Waals surface area contributed by atoms with E-state index in [-0.39, 0.29) is 17.7 Å². The predicted octanol–water partition coefficient (Wildman–Crippen LogP) is 0.885. The highest BCUT2D eigenvalue weighted by atomic mass is 32.1. The van der Waals surface area contributed by atoms with E-state index in [2.05, 4.69) is 15.2 Å². The molecule has 3 heterocycles. The first-order chi connectivity index (χ1) is 12.2. The molecule has 1 aliphatic carbocycles. The summed E-state index contributed by atoms with van der Waals surface area (Å²) >= 11 is 1.50. The van der Waals surface area contributed by atoms with Crippen LogP contribution in [-0.4, -0.2) is 63.0 Å². The van der Waals surface area contributed by atoms with Crippen molar-refractivity contribution in [1.29, 1.82) is 0 Å². The van der Waals surface area contributed by atoms with Gasteiger partial charge in [0.15, 0.2) is 0 Å². The average Bonchev–Trinajstić information content (AvgIpc) is 3.32. The molecule has 1 fully saturated rings. The van der Waals surface area contributed by atoms with Crippen LogP contribution in [0.1, 0.15) is 22.6 Å². The monoisotopic (exact) mass is 359 g/mol. The van der Waals surface area contributed by atoms with Crippen LogP contribution in [0.15, 0.2) is 17.9 Å². The van der Waals surface area contributed by atoms with Gasteiger partial charge in [-0.2, -0.15) is 5.10 Å². The zero-order valence-corrected chi connectivity index (χ0v) is 14.8. The van der Waals surface area contributed by atoms with E-state index in [1.165, 1.54) is 16.9 Å². The molecule has 132 valence electrons. The fraction of sp³-hybridized carbons (Fsp3) is 0.529. The topological polar surface area (TPSA) is 82.2 Å². The standard InChI is InChI=1S/C17H21N5O2S/c23-16(8-14-10-18-11-25-14)21-3-5-22(6-4-21)17(24)12-1-2-13-9-19-20-15(13)7-12/h9-12H,1-8H2,(H,19,20). The number of H-pyrrole nitrogens is 1. The number of amides is 2. The Morgan fingerprint density at radius 2 is 2.00 bits per heavy atom. The maximum Gasteiger partial charge on any atom is 0.228 e. The first kappa shape index (κ1) is 16.3. The summed E-state index contributed by atoms with van der Waals surface area (Å²) < 4.78 is 0. The molecule has 4 rings (SSSR count). The first-order valence-corrected chi connectivity index (χ1v) is 9.53. The summed E-state index contributed by atoms with van der Waals surface area (Å²) in [6.45, 7) is 2.48. The molecular formula is C17H21N5O2S. The van der Waals surface area contributed by atoms with Gasteiger partial charge in [-0.3, -0.25) is 19.7 Å². The van der Waals surface area contributed by atoms with E-state index < -0.39 is 0 Å². The van der Waals surface area contributed by atoms with Crippen LogP contribution in [0.4, 0.5) is 0 Å². The van der Waals surface area contributed by atoms with Crippen molar-refractivity contribution in [1.82, 2.24) is 25.0 Å². The Bertz CT molecular complexity index is 749. The number of aromatic nitrogens is 3. The Kier molecular flexibility index (Phi) is 4.52. The largest absolute Gasteiger partial charge is 0.339 e. The van der Waals surface area contributed by atoms with Crippen LogP contribution >= 0.6 is 11.3 Å². The summed E-state index contributed by atoms with van der Waals surface area (Å²) in [5, 5.41) is 7.08. The molecule has 1 atom stereocenters. The molecule has 1 aliphatic heterocycles. The Morgan fingerprint density at radius 3 is 2.76 bits per heavy atom. The lowest BCUT2D eigenvalue weighted by atomic mass is 9.87. The number of rotatable bonds is 3. The van der Waals surface area contributed by atoms with Crippen molar-refractivity contribution in [2.24, 2.45) is 5.92 Å². The number of fused-ring (bicyclic) bond motifs is 1. The van der Waals surface area contributed by atoms with Gasteiger partial charge in [-0.25, -0.2) is 0 Å². The van der Waals surface area contributed by atoms with Crippen LogP contribution in [0.25, 0.3) is 0 Å². The number of thiazole rings is 1. The molecule has 25 heavy (non-hydrogen) atoms. The van der Waals surface area contributed by atoms with E-state index in [9.17, 15) is 9.59 Å². The van der Waals surface area contributed by atoms with E-state index in [1.807, 2.05) is 16.0 Å². The number of carbonyl (C=O) groups excluding carboxylic acids is 2. The molecule has 0 radical (unpaired) electrons. The minimum atomic E-state index is 0.0346. The summed E-state index contributed by atoms with van der Waals surface area (Å²) in [5.74, 6) is 0.373. The minimum absolute atomic E-state index is 0.0346. The molecule has 2 aromatic heterocycles. The second-order valence-corrected chi connectivity index (χ2v) is 7.64. The van der Waals surface area contributed by atoms with Gasteiger partial charge in [-0.1, -0.05) is 0 Å². The zero-order valence-electron chi connectivity index (χ0n) is 14.0. The molecule has 0 aromatic carbocycles. The van der Waals surface area contributed by atoms with Crippen molar-refractivity contribution in [3.63, 3.8) is 0 Å². The van der Waals surface area contributed by atoms with Crippen molar-refractivity contribution in [2.45, 2.75) is 25.7 Å². The average molecular weight is 359 g/mol. The smallest absolute Gasteiger partial charge is 0.228 e. The molecule has 7 nitrogen and oxygen atoms in total. The Hall–Kier alpha value is -2.22. The number of piperazine rings is 1. The zero-order chi connectivity index (χ0) is 17.2. The quantitative estimate of drug-likeness (QED) is 0.882. The third-order valence-electron chi connectivity index (χ3n) is 5.12. The van der Waals surface area contributed by atoms with Gasteiger partial charge in [-0.05, 0) is 18.4 Å². The van der Waals surface area contributed by atoms with Gasteiger partial charge in [0, 0.05) is 55.3 Å². The highest BCUT2D eigenvalue weighted by molar-refractivity contribution is 7.09. The number of hydrogen-bond donors (Lipinski definition) is 1. The van der Waals surface area contributed by atoms with Crippen molar-refractivity contribution < 1.29 is 9.59 Å². The van der Waals surface area contributed by atoms with Crippen molar-refractivity contribution >= 4 is 23.2 Å². The van der Waals surface area contributed by atoms with Crippen LogP contribution in [0.2, 0.25) is 0 Å². The lowest BCUT2D eigenvalue weighted by molar-refractivity contribution is -0.142. The van der Waals surface area contributed by atoms with Gasteiger partial charge >= 0.3 is 0 Å². The van der Waals surface area contributed by atoms with E-state index >= 15 is 0 Å². The van der Waals surface area contributed by atoms with Gasteiger partial charge in [-0.15, -0.1) is 11.3 Å². The van der Waals surface area contributed by atoms with Crippen LogP contribution in [0.3, 0.4) is 0 Å². The molecule has 2 aromatic rings. The van der Waals surface area contributed by atoms with Crippen molar-refractivity contribution in [3.05, 3.63) is 34.0 Å². The minimum Gasteiger partial charge on any atom is -0.339 e. The number of carbonyl (C=O) groups is 2. The second kappa shape index (κ2) is 6.95. The number of hydrogen-bond acceptors (Lipinski definition) is 5. The fourth-order valence-electron chi connectivity index (χ4n) is 3.64. The molecule has 1 unspecified atom stereocenters. The summed E-state index contributed by atoms with van der Waals surface area (Å²) in [6, 6.07) is 0. The third kappa shape index (κ3) is 3.44. The third-order valence-corrected chi connectivity index (χ3v) is 5.90. The first-order valence-electron chi connectivity index (χ1n) is 8.66. The van der Waals surface area contributed by atoms with E-state index in [0.29, 0.717) is 32.6 Å². The summed E-state index contributed by atoms with van der Waals surface area (Å²) in [6.07, 6.45) is 6.56. The SMILES string of the molecule is O=C(Cc1cncs1)N1CCN(C(=O)C2CCc3cn[nH]c3C2)CC1. The van der Waals surface area contributed by atoms with Gasteiger partial charge in [0.05, 0.1) is 18.1 Å². The molecule has 8 heteroatoms. The van der Waals surface area contributed by atoms with E-state index in [0.717, 1.165) is 29.8 Å².